The Balaban J connectivity index is 1.33. The fourth-order valence-electron chi connectivity index (χ4n) is 3.55. The largest absolute Gasteiger partial charge is 0.459 e. The lowest BCUT2D eigenvalue weighted by Gasteiger charge is -2.24. The number of hydrogen-bond acceptors (Lipinski definition) is 3. The van der Waals surface area contributed by atoms with Gasteiger partial charge in [0.2, 0.25) is 11.8 Å². The number of fused-ring (bicyclic) bond motifs is 2. The summed E-state index contributed by atoms with van der Waals surface area (Å²) < 4.78 is 5.80. The maximum atomic E-state index is 12.4. The summed E-state index contributed by atoms with van der Waals surface area (Å²) in [7, 11) is 0. The number of amides is 2. The van der Waals surface area contributed by atoms with Gasteiger partial charge in [0.1, 0.15) is 11.3 Å². The number of benzene rings is 2. The fraction of sp³-hybridized carbons (Fsp3) is 0.273. The molecule has 1 aliphatic heterocycles. The molecule has 0 spiro atoms. The Morgan fingerprint density at radius 1 is 1.22 bits per heavy atom. The van der Waals surface area contributed by atoms with Gasteiger partial charge in [0, 0.05) is 23.4 Å². The number of furan rings is 1. The van der Waals surface area contributed by atoms with E-state index in [0.717, 1.165) is 28.0 Å². The van der Waals surface area contributed by atoms with Crippen LogP contribution in [0.4, 0.5) is 5.69 Å². The molecule has 0 aliphatic carbocycles. The predicted octanol–water partition coefficient (Wildman–Crippen LogP) is 4.20. The standard InChI is InChI=1S/C22H22N2O3/c1-14(20-13-16-7-3-5-9-19(16)27-20)23-21(25)11-10-17-12-15-6-2-4-8-18(15)24-22(17)26/h2-9,13-14,17H,10-12H2,1H3,(H,23,25)(H,24,26). The van der Waals surface area contributed by atoms with Crippen LogP contribution in [0, 0.1) is 5.92 Å². The van der Waals surface area contributed by atoms with Crippen molar-refractivity contribution in [2.24, 2.45) is 5.92 Å². The summed E-state index contributed by atoms with van der Waals surface area (Å²) in [6, 6.07) is 17.3. The van der Waals surface area contributed by atoms with Gasteiger partial charge in [-0.3, -0.25) is 9.59 Å². The molecule has 2 N–H and O–H groups in total. The van der Waals surface area contributed by atoms with Gasteiger partial charge in [-0.05, 0) is 43.5 Å². The maximum Gasteiger partial charge on any atom is 0.227 e. The van der Waals surface area contributed by atoms with E-state index in [-0.39, 0.29) is 23.8 Å². The highest BCUT2D eigenvalue weighted by Gasteiger charge is 2.26. The maximum absolute atomic E-state index is 12.4. The van der Waals surface area contributed by atoms with E-state index in [1.54, 1.807) is 0 Å². The van der Waals surface area contributed by atoms with Crippen molar-refractivity contribution in [1.82, 2.24) is 5.32 Å². The van der Waals surface area contributed by atoms with E-state index >= 15 is 0 Å². The third-order valence-corrected chi connectivity index (χ3v) is 5.08. The first kappa shape index (κ1) is 17.3. The summed E-state index contributed by atoms with van der Waals surface area (Å²) in [4.78, 5) is 24.6. The molecule has 27 heavy (non-hydrogen) atoms. The monoisotopic (exact) mass is 362 g/mol. The molecule has 1 aromatic heterocycles. The smallest absolute Gasteiger partial charge is 0.227 e. The zero-order chi connectivity index (χ0) is 18.8. The van der Waals surface area contributed by atoms with Gasteiger partial charge in [0.15, 0.2) is 0 Å². The Hall–Kier alpha value is -3.08. The third kappa shape index (κ3) is 3.72. The van der Waals surface area contributed by atoms with Crippen LogP contribution in [-0.2, 0) is 16.0 Å². The molecule has 4 rings (SSSR count). The summed E-state index contributed by atoms with van der Waals surface area (Å²) in [5.41, 5.74) is 2.81. The number of para-hydroxylation sites is 2. The normalized spacial score (nSPS) is 17.2. The van der Waals surface area contributed by atoms with E-state index < -0.39 is 0 Å². The van der Waals surface area contributed by atoms with Gasteiger partial charge in [0.25, 0.3) is 0 Å². The van der Waals surface area contributed by atoms with E-state index in [4.69, 9.17) is 4.42 Å². The Morgan fingerprint density at radius 3 is 2.85 bits per heavy atom. The van der Waals surface area contributed by atoms with Gasteiger partial charge in [-0.25, -0.2) is 0 Å². The second-order valence-corrected chi connectivity index (χ2v) is 7.06. The number of nitrogens with one attached hydrogen (secondary N) is 2. The number of rotatable bonds is 5. The fourth-order valence-corrected chi connectivity index (χ4v) is 3.55. The van der Waals surface area contributed by atoms with E-state index in [0.29, 0.717) is 19.3 Å². The van der Waals surface area contributed by atoms with Crippen LogP contribution in [0.3, 0.4) is 0 Å². The first-order chi connectivity index (χ1) is 13.1. The van der Waals surface area contributed by atoms with E-state index in [2.05, 4.69) is 10.6 Å². The predicted molar refractivity (Wildman–Crippen MR) is 104 cm³/mol. The average Bonchev–Trinajstić information content (AvgIpc) is 3.11. The average molecular weight is 362 g/mol. The lowest BCUT2D eigenvalue weighted by molar-refractivity contribution is -0.123. The van der Waals surface area contributed by atoms with Crippen molar-refractivity contribution in [3.05, 3.63) is 65.9 Å². The molecule has 0 radical (unpaired) electrons. The molecule has 2 amide bonds. The van der Waals surface area contributed by atoms with Crippen LogP contribution in [0.2, 0.25) is 0 Å². The Morgan fingerprint density at radius 2 is 2.00 bits per heavy atom. The van der Waals surface area contributed by atoms with Crippen molar-refractivity contribution in [3.8, 4) is 0 Å². The zero-order valence-electron chi connectivity index (χ0n) is 15.2. The molecule has 5 nitrogen and oxygen atoms in total. The molecule has 1 aliphatic rings. The molecular weight excluding hydrogens is 340 g/mol. The molecule has 0 bridgehead atoms. The van der Waals surface area contributed by atoms with Gasteiger partial charge < -0.3 is 15.1 Å². The van der Waals surface area contributed by atoms with Gasteiger partial charge in [0.05, 0.1) is 6.04 Å². The second-order valence-electron chi connectivity index (χ2n) is 7.06. The van der Waals surface area contributed by atoms with Crippen molar-refractivity contribution in [1.29, 1.82) is 0 Å². The lowest BCUT2D eigenvalue weighted by Crippen LogP contribution is -2.32. The van der Waals surface area contributed by atoms with Crippen molar-refractivity contribution in [2.75, 3.05) is 5.32 Å². The van der Waals surface area contributed by atoms with Crippen LogP contribution in [0.25, 0.3) is 11.0 Å². The van der Waals surface area contributed by atoms with Crippen LogP contribution in [0.1, 0.15) is 37.1 Å². The van der Waals surface area contributed by atoms with Crippen molar-refractivity contribution in [3.63, 3.8) is 0 Å². The van der Waals surface area contributed by atoms with Crippen LogP contribution in [0.15, 0.2) is 59.0 Å². The first-order valence-electron chi connectivity index (χ1n) is 9.27. The molecule has 2 atom stereocenters. The Bertz CT molecular complexity index is 959. The summed E-state index contributed by atoms with van der Waals surface area (Å²) in [6.45, 7) is 1.90. The third-order valence-electron chi connectivity index (χ3n) is 5.08. The van der Waals surface area contributed by atoms with Gasteiger partial charge in [-0.1, -0.05) is 36.4 Å². The molecule has 0 saturated heterocycles. The highest BCUT2D eigenvalue weighted by Crippen LogP contribution is 2.28. The van der Waals surface area contributed by atoms with Gasteiger partial charge in [-0.15, -0.1) is 0 Å². The minimum absolute atomic E-state index is 0.00756. The van der Waals surface area contributed by atoms with Crippen LogP contribution in [0.5, 0.6) is 0 Å². The molecule has 0 saturated carbocycles. The van der Waals surface area contributed by atoms with Gasteiger partial charge in [-0.2, -0.15) is 0 Å². The van der Waals surface area contributed by atoms with Crippen LogP contribution in [-0.4, -0.2) is 11.8 Å². The summed E-state index contributed by atoms with van der Waals surface area (Å²) in [5, 5.41) is 6.92. The summed E-state index contributed by atoms with van der Waals surface area (Å²) in [5.74, 6) is 0.475. The molecule has 5 heteroatoms. The zero-order valence-corrected chi connectivity index (χ0v) is 15.2. The van der Waals surface area contributed by atoms with Crippen molar-refractivity contribution >= 4 is 28.5 Å². The van der Waals surface area contributed by atoms with Gasteiger partial charge >= 0.3 is 0 Å². The summed E-state index contributed by atoms with van der Waals surface area (Å²) >= 11 is 0. The highest BCUT2D eigenvalue weighted by atomic mass is 16.3. The number of carbonyl (C=O) groups is 2. The van der Waals surface area contributed by atoms with Crippen LogP contribution < -0.4 is 10.6 Å². The van der Waals surface area contributed by atoms with E-state index in [1.165, 1.54) is 0 Å². The van der Waals surface area contributed by atoms with Crippen molar-refractivity contribution in [2.45, 2.75) is 32.2 Å². The minimum atomic E-state index is -0.217. The molecule has 2 heterocycles. The molecule has 2 unspecified atom stereocenters. The molecule has 3 aromatic rings. The van der Waals surface area contributed by atoms with Crippen LogP contribution >= 0.6 is 0 Å². The van der Waals surface area contributed by atoms with E-state index in [1.807, 2.05) is 61.5 Å². The number of hydrogen-bond donors (Lipinski definition) is 2. The number of carbonyl (C=O) groups excluding carboxylic acids is 2. The topological polar surface area (TPSA) is 71.3 Å². The van der Waals surface area contributed by atoms with Crippen molar-refractivity contribution < 1.29 is 14.0 Å². The molecule has 2 aromatic carbocycles. The lowest BCUT2D eigenvalue weighted by atomic mass is 9.89. The molecular formula is C22H22N2O3. The Labute approximate surface area is 157 Å². The second kappa shape index (κ2) is 7.27. The molecule has 138 valence electrons. The number of anilines is 1. The SMILES string of the molecule is CC(NC(=O)CCC1Cc2ccccc2NC1=O)c1cc2ccccc2o1. The molecule has 0 fully saturated rings. The summed E-state index contributed by atoms with van der Waals surface area (Å²) in [6.07, 6.45) is 1.51. The first-order valence-corrected chi connectivity index (χ1v) is 9.27. The Kier molecular flexibility index (Phi) is 4.67. The quantitative estimate of drug-likeness (QED) is 0.714. The van der Waals surface area contributed by atoms with E-state index in [9.17, 15) is 9.59 Å². The highest BCUT2D eigenvalue weighted by molar-refractivity contribution is 5.96. The minimum Gasteiger partial charge on any atom is -0.459 e.